The lowest BCUT2D eigenvalue weighted by Crippen LogP contribution is -2.38. The quantitative estimate of drug-likeness (QED) is 0.787. The third-order valence-electron chi connectivity index (χ3n) is 4.30. The number of benzene rings is 2. The number of halogens is 1. The van der Waals surface area contributed by atoms with Gasteiger partial charge < -0.3 is 10.6 Å². The molecule has 0 heterocycles. The molecule has 0 aromatic heterocycles. The number of hydrogen-bond acceptors (Lipinski definition) is 3. The van der Waals surface area contributed by atoms with E-state index in [0.717, 1.165) is 16.8 Å². The Balaban J connectivity index is 1.80. The van der Waals surface area contributed by atoms with Gasteiger partial charge in [-0.2, -0.15) is 0 Å². The summed E-state index contributed by atoms with van der Waals surface area (Å²) in [5, 5.41) is 5.64. The van der Waals surface area contributed by atoms with Crippen LogP contribution in [0.5, 0.6) is 0 Å². The van der Waals surface area contributed by atoms with Gasteiger partial charge >= 0.3 is 0 Å². The van der Waals surface area contributed by atoms with Crippen LogP contribution in [0.1, 0.15) is 22.3 Å². The van der Waals surface area contributed by atoms with Gasteiger partial charge in [-0.3, -0.25) is 14.5 Å². The molecule has 6 heteroatoms. The Morgan fingerprint density at radius 2 is 1.59 bits per heavy atom. The maximum atomic E-state index is 13.5. The topological polar surface area (TPSA) is 61.4 Å². The van der Waals surface area contributed by atoms with Gasteiger partial charge in [0.2, 0.25) is 11.8 Å². The van der Waals surface area contributed by atoms with Crippen molar-refractivity contribution in [2.24, 2.45) is 0 Å². The Hall–Kier alpha value is -2.73. The maximum Gasteiger partial charge on any atom is 0.238 e. The normalized spacial score (nSPS) is 10.7. The highest BCUT2D eigenvalue weighted by Gasteiger charge is 2.12. The summed E-state index contributed by atoms with van der Waals surface area (Å²) in [6.07, 6.45) is 0. The van der Waals surface area contributed by atoms with Gasteiger partial charge in [0, 0.05) is 12.2 Å². The second kappa shape index (κ2) is 9.28. The molecule has 0 aliphatic carbocycles. The van der Waals surface area contributed by atoms with Gasteiger partial charge in [-0.05, 0) is 56.1 Å². The molecule has 2 amide bonds. The van der Waals surface area contributed by atoms with E-state index in [-0.39, 0.29) is 37.3 Å². The van der Waals surface area contributed by atoms with Crippen LogP contribution in [-0.2, 0) is 16.1 Å². The van der Waals surface area contributed by atoms with Gasteiger partial charge in [0.15, 0.2) is 0 Å². The number of likely N-dealkylation sites (N-methyl/N-ethyl adjacent to an activating group) is 1. The average molecular weight is 371 g/mol. The standard InChI is InChI=1S/C21H26FN3O2/c1-14-8-9-17(10-18(14)22)11-23-19(26)12-25(4)13-20(27)24-21-15(2)6-5-7-16(21)3/h5-10H,11-13H2,1-4H3,(H,23,26)(H,24,27). The van der Waals surface area contributed by atoms with Crippen LogP contribution < -0.4 is 10.6 Å². The zero-order valence-electron chi connectivity index (χ0n) is 16.2. The van der Waals surface area contributed by atoms with Crippen LogP contribution in [0.15, 0.2) is 36.4 Å². The fourth-order valence-electron chi connectivity index (χ4n) is 2.74. The van der Waals surface area contributed by atoms with E-state index in [1.807, 2.05) is 32.0 Å². The van der Waals surface area contributed by atoms with Crippen LogP contribution >= 0.6 is 0 Å². The third-order valence-corrected chi connectivity index (χ3v) is 4.30. The van der Waals surface area contributed by atoms with Crippen molar-refractivity contribution < 1.29 is 14.0 Å². The van der Waals surface area contributed by atoms with Gasteiger partial charge in [0.05, 0.1) is 13.1 Å². The highest BCUT2D eigenvalue weighted by Crippen LogP contribution is 2.19. The van der Waals surface area contributed by atoms with Gasteiger partial charge in [-0.15, -0.1) is 0 Å². The molecule has 2 aromatic carbocycles. The number of hydrogen-bond donors (Lipinski definition) is 2. The van der Waals surface area contributed by atoms with Gasteiger partial charge in [0.1, 0.15) is 5.82 Å². The van der Waals surface area contributed by atoms with Crippen molar-refractivity contribution >= 4 is 17.5 Å². The minimum Gasteiger partial charge on any atom is -0.351 e. The predicted molar refractivity (Wildman–Crippen MR) is 105 cm³/mol. The summed E-state index contributed by atoms with van der Waals surface area (Å²) in [6, 6.07) is 10.7. The first kappa shape index (κ1) is 20.6. The van der Waals surface area contributed by atoms with Crippen molar-refractivity contribution in [3.63, 3.8) is 0 Å². The Bertz CT molecular complexity index is 816. The molecule has 144 valence electrons. The van der Waals surface area contributed by atoms with E-state index in [0.29, 0.717) is 11.1 Å². The largest absolute Gasteiger partial charge is 0.351 e. The predicted octanol–water partition coefficient (Wildman–Crippen LogP) is 2.94. The van der Waals surface area contributed by atoms with Crippen LogP contribution in [0.3, 0.4) is 0 Å². The number of carbonyl (C=O) groups is 2. The number of rotatable bonds is 7. The fourth-order valence-corrected chi connectivity index (χ4v) is 2.74. The molecule has 0 atom stereocenters. The second-order valence-corrected chi connectivity index (χ2v) is 6.85. The zero-order chi connectivity index (χ0) is 20.0. The first-order valence-electron chi connectivity index (χ1n) is 8.82. The molecule has 0 saturated carbocycles. The molecule has 0 spiro atoms. The average Bonchev–Trinajstić information content (AvgIpc) is 2.59. The van der Waals surface area contributed by atoms with Crippen molar-refractivity contribution in [2.45, 2.75) is 27.3 Å². The summed E-state index contributed by atoms with van der Waals surface area (Å²) in [5.74, 6) is -0.691. The number of nitrogens with zero attached hydrogens (tertiary/aromatic N) is 1. The van der Waals surface area contributed by atoms with Crippen LogP contribution in [-0.4, -0.2) is 36.9 Å². The summed E-state index contributed by atoms with van der Waals surface area (Å²) < 4.78 is 13.5. The zero-order valence-corrected chi connectivity index (χ0v) is 16.2. The molecular weight excluding hydrogens is 345 g/mol. The van der Waals surface area contributed by atoms with E-state index >= 15 is 0 Å². The fraction of sp³-hybridized carbons (Fsp3) is 0.333. The van der Waals surface area contributed by atoms with Crippen molar-refractivity contribution in [2.75, 3.05) is 25.5 Å². The smallest absolute Gasteiger partial charge is 0.238 e. The number of aryl methyl sites for hydroxylation is 3. The van der Waals surface area contributed by atoms with Crippen molar-refractivity contribution in [3.8, 4) is 0 Å². The second-order valence-electron chi connectivity index (χ2n) is 6.85. The van der Waals surface area contributed by atoms with Crippen molar-refractivity contribution in [1.82, 2.24) is 10.2 Å². The SMILES string of the molecule is Cc1ccc(CNC(=O)CN(C)CC(=O)Nc2c(C)cccc2C)cc1F. The van der Waals surface area contributed by atoms with Crippen LogP contribution in [0.25, 0.3) is 0 Å². The molecule has 0 unspecified atom stereocenters. The van der Waals surface area contributed by atoms with Crippen LogP contribution in [0, 0.1) is 26.6 Å². The molecular formula is C21H26FN3O2. The molecule has 0 fully saturated rings. The highest BCUT2D eigenvalue weighted by molar-refractivity contribution is 5.94. The van der Waals surface area contributed by atoms with Crippen molar-refractivity contribution in [1.29, 1.82) is 0 Å². The number of anilines is 1. The van der Waals surface area contributed by atoms with Gasteiger partial charge in [-0.25, -0.2) is 4.39 Å². The molecule has 27 heavy (non-hydrogen) atoms. The Kier molecular flexibility index (Phi) is 7.07. The summed E-state index contributed by atoms with van der Waals surface area (Å²) in [6.45, 7) is 5.99. The van der Waals surface area contributed by atoms with E-state index in [1.54, 1.807) is 31.0 Å². The van der Waals surface area contributed by atoms with Crippen LogP contribution in [0.4, 0.5) is 10.1 Å². The summed E-state index contributed by atoms with van der Waals surface area (Å²) >= 11 is 0. The number of para-hydroxylation sites is 1. The molecule has 2 aromatic rings. The molecule has 2 rings (SSSR count). The molecule has 2 N–H and O–H groups in total. The van der Waals surface area contributed by atoms with E-state index in [9.17, 15) is 14.0 Å². The maximum absolute atomic E-state index is 13.5. The lowest BCUT2D eigenvalue weighted by atomic mass is 10.1. The number of nitrogens with one attached hydrogen (secondary N) is 2. The van der Waals surface area contributed by atoms with E-state index in [1.165, 1.54) is 6.07 Å². The van der Waals surface area contributed by atoms with Gasteiger partial charge in [0.25, 0.3) is 0 Å². The molecule has 0 aliphatic rings. The van der Waals surface area contributed by atoms with E-state index in [2.05, 4.69) is 10.6 Å². The number of carbonyl (C=O) groups excluding carboxylic acids is 2. The first-order chi connectivity index (χ1) is 12.8. The van der Waals surface area contributed by atoms with Gasteiger partial charge in [-0.1, -0.05) is 30.3 Å². The monoisotopic (exact) mass is 371 g/mol. The molecule has 0 saturated heterocycles. The summed E-state index contributed by atoms with van der Waals surface area (Å²) in [5.41, 5.74) is 4.06. The Labute approximate surface area is 159 Å². The minimum atomic E-state index is -0.290. The number of amides is 2. The molecule has 5 nitrogen and oxygen atoms in total. The molecule has 0 bridgehead atoms. The summed E-state index contributed by atoms with van der Waals surface area (Å²) in [7, 11) is 1.70. The molecule has 0 aliphatic heterocycles. The van der Waals surface area contributed by atoms with Crippen molar-refractivity contribution in [3.05, 3.63) is 64.5 Å². The van der Waals surface area contributed by atoms with Crippen LogP contribution in [0.2, 0.25) is 0 Å². The Morgan fingerprint density at radius 3 is 2.22 bits per heavy atom. The van der Waals surface area contributed by atoms with E-state index in [4.69, 9.17) is 0 Å². The minimum absolute atomic E-state index is 0.0779. The highest BCUT2D eigenvalue weighted by atomic mass is 19.1. The molecule has 0 radical (unpaired) electrons. The third kappa shape index (κ3) is 6.18. The van der Waals surface area contributed by atoms with E-state index < -0.39 is 0 Å². The summed E-state index contributed by atoms with van der Waals surface area (Å²) in [4.78, 5) is 25.9. The lowest BCUT2D eigenvalue weighted by Gasteiger charge is -2.17. The lowest BCUT2D eigenvalue weighted by molar-refractivity contribution is -0.123. The first-order valence-corrected chi connectivity index (χ1v) is 8.82. The Morgan fingerprint density at radius 1 is 0.963 bits per heavy atom.